The van der Waals surface area contributed by atoms with Crippen LogP contribution >= 0.6 is 0 Å². The third-order valence-electron chi connectivity index (χ3n) is 2.96. The van der Waals surface area contributed by atoms with Crippen molar-refractivity contribution in [3.05, 3.63) is 0 Å². The maximum Gasteiger partial charge on any atom is 0.0104 e. The van der Waals surface area contributed by atoms with Gasteiger partial charge in [0, 0.05) is 19.1 Å². The van der Waals surface area contributed by atoms with E-state index in [1.54, 1.807) is 0 Å². The van der Waals surface area contributed by atoms with Crippen molar-refractivity contribution in [1.82, 2.24) is 4.90 Å². The molecule has 14 heavy (non-hydrogen) atoms. The van der Waals surface area contributed by atoms with Gasteiger partial charge in [0.2, 0.25) is 0 Å². The Balaban J connectivity index is 3.29. The molecular formula is C12H28N2. The zero-order valence-corrected chi connectivity index (χ0v) is 10.3. The molecule has 1 atom stereocenters. The third kappa shape index (κ3) is 7.34. The molecule has 0 aromatic carbocycles. The molecule has 0 bridgehead atoms. The van der Waals surface area contributed by atoms with E-state index in [2.05, 4.69) is 25.8 Å². The van der Waals surface area contributed by atoms with Gasteiger partial charge in [-0.05, 0) is 20.4 Å². The Hall–Kier alpha value is -0.0800. The van der Waals surface area contributed by atoms with Crippen LogP contribution in [-0.4, -0.2) is 31.1 Å². The van der Waals surface area contributed by atoms with E-state index in [-0.39, 0.29) is 0 Å². The van der Waals surface area contributed by atoms with Crippen molar-refractivity contribution in [3.8, 4) is 0 Å². The summed E-state index contributed by atoms with van der Waals surface area (Å²) < 4.78 is 0. The van der Waals surface area contributed by atoms with Crippen LogP contribution < -0.4 is 5.73 Å². The van der Waals surface area contributed by atoms with E-state index < -0.39 is 0 Å². The first-order chi connectivity index (χ1) is 6.72. The van der Waals surface area contributed by atoms with Gasteiger partial charge in [-0.3, -0.25) is 0 Å². The summed E-state index contributed by atoms with van der Waals surface area (Å²) in [6, 6.07) is 0.695. The lowest BCUT2D eigenvalue weighted by Crippen LogP contribution is -2.33. The Kier molecular flexibility index (Phi) is 9.42. The summed E-state index contributed by atoms with van der Waals surface area (Å²) in [6.07, 6.45) is 8.23. The standard InChI is InChI=1S/C12H28N2/c1-4-5-6-7-8-9-12(2)14(3)11-10-13/h12H,4-11,13H2,1-3H3. The van der Waals surface area contributed by atoms with E-state index in [0.717, 1.165) is 13.1 Å². The van der Waals surface area contributed by atoms with Gasteiger partial charge in [-0.1, -0.05) is 39.0 Å². The molecule has 0 spiro atoms. The summed E-state index contributed by atoms with van der Waals surface area (Å²) in [5.41, 5.74) is 5.52. The first kappa shape index (κ1) is 13.9. The van der Waals surface area contributed by atoms with Gasteiger partial charge in [-0.2, -0.15) is 0 Å². The smallest absolute Gasteiger partial charge is 0.0104 e. The van der Waals surface area contributed by atoms with E-state index in [1.807, 2.05) is 0 Å². The van der Waals surface area contributed by atoms with Crippen molar-refractivity contribution >= 4 is 0 Å². The summed E-state index contributed by atoms with van der Waals surface area (Å²) >= 11 is 0. The van der Waals surface area contributed by atoms with Gasteiger partial charge < -0.3 is 10.6 Å². The number of unbranched alkanes of at least 4 members (excludes halogenated alkanes) is 4. The zero-order valence-electron chi connectivity index (χ0n) is 10.3. The second kappa shape index (κ2) is 9.47. The Morgan fingerprint density at radius 1 is 1.14 bits per heavy atom. The molecule has 2 nitrogen and oxygen atoms in total. The molecule has 0 rings (SSSR count). The fourth-order valence-electron chi connectivity index (χ4n) is 1.69. The molecule has 0 amide bonds. The first-order valence-electron chi connectivity index (χ1n) is 6.12. The van der Waals surface area contributed by atoms with Gasteiger partial charge >= 0.3 is 0 Å². The second-order valence-corrected chi connectivity index (χ2v) is 4.32. The molecule has 86 valence electrons. The Bertz CT molecular complexity index is 115. The second-order valence-electron chi connectivity index (χ2n) is 4.32. The monoisotopic (exact) mass is 200 g/mol. The highest BCUT2D eigenvalue weighted by molar-refractivity contribution is 4.63. The fraction of sp³-hybridized carbons (Fsp3) is 1.00. The molecule has 1 unspecified atom stereocenters. The molecule has 0 aliphatic rings. The molecule has 0 radical (unpaired) electrons. The largest absolute Gasteiger partial charge is 0.329 e. The van der Waals surface area contributed by atoms with Crippen LogP contribution in [0.2, 0.25) is 0 Å². The Morgan fingerprint density at radius 2 is 1.79 bits per heavy atom. The van der Waals surface area contributed by atoms with Gasteiger partial charge in [0.25, 0.3) is 0 Å². The van der Waals surface area contributed by atoms with Crippen molar-refractivity contribution in [2.45, 2.75) is 58.4 Å². The van der Waals surface area contributed by atoms with Crippen LogP contribution in [-0.2, 0) is 0 Å². The normalized spacial score (nSPS) is 13.5. The maximum atomic E-state index is 5.52. The van der Waals surface area contributed by atoms with Gasteiger partial charge in [0.05, 0.1) is 0 Å². The average Bonchev–Trinajstić information content (AvgIpc) is 2.17. The van der Waals surface area contributed by atoms with Gasteiger partial charge in [-0.15, -0.1) is 0 Å². The van der Waals surface area contributed by atoms with Crippen molar-refractivity contribution in [2.24, 2.45) is 5.73 Å². The van der Waals surface area contributed by atoms with E-state index in [0.29, 0.717) is 6.04 Å². The van der Waals surface area contributed by atoms with E-state index >= 15 is 0 Å². The van der Waals surface area contributed by atoms with E-state index in [4.69, 9.17) is 5.73 Å². The molecule has 0 aliphatic heterocycles. The van der Waals surface area contributed by atoms with E-state index in [9.17, 15) is 0 Å². The molecule has 0 aromatic rings. The van der Waals surface area contributed by atoms with Crippen LogP contribution in [0.1, 0.15) is 52.4 Å². The summed E-state index contributed by atoms with van der Waals surface area (Å²) in [5.74, 6) is 0. The predicted octanol–water partition coefficient (Wildman–Crippen LogP) is 2.63. The first-order valence-corrected chi connectivity index (χ1v) is 6.12. The topological polar surface area (TPSA) is 29.3 Å². The van der Waals surface area contributed by atoms with Crippen LogP contribution in [0.4, 0.5) is 0 Å². The highest BCUT2D eigenvalue weighted by Crippen LogP contribution is 2.09. The lowest BCUT2D eigenvalue weighted by molar-refractivity contribution is 0.247. The van der Waals surface area contributed by atoms with Crippen LogP contribution in [0.15, 0.2) is 0 Å². The number of nitrogens with zero attached hydrogens (tertiary/aromatic N) is 1. The maximum absolute atomic E-state index is 5.52. The molecule has 0 saturated heterocycles. The number of hydrogen-bond acceptors (Lipinski definition) is 2. The average molecular weight is 200 g/mol. The summed E-state index contributed by atoms with van der Waals surface area (Å²) in [4.78, 5) is 2.36. The lowest BCUT2D eigenvalue weighted by Gasteiger charge is -2.23. The minimum Gasteiger partial charge on any atom is -0.329 e. The zero-order chi connectivity index (χ0) is 10.8. The molecule has 0 aliphatic carbocycles. The van der Waals surface area contributed by atoms with Gasteiger partial charge in [0.1, 0.15) is 0 Å². The van der Waals surface area contributed by atoms with Gasteiger partial charge in [-0.25, -0.2) is 0 Å². The van der Waals surface area contributed by atoms with Crippen LogP contribution in [0.5, 0.6) is 0 Å². The summed E-state index contributed by atoms with van der Waals surface area (Å²) in [5, 5.41) is 0. The molecule has 0 saturated carbocycles. The molecular weight excluding hydrogens is 172 g/mol. The van der Waals surface area contributed by atoms with Crippen molar-refractivity contribution < 1.29 is 0 Å². The molecule has 2 N–H and O–H groups in total. The highest BCUT2D eigenvalue weighted by atomic mass is 15.1. The third-order valence-corrected chi connectivity index (χ3v) is 2.96. The van der Waals surface area contributed by atoms with Crippen molar-refractivity contribution in [2.75, 3.05) is 20.1 Å². The SMILES string of the molecule is CCCCCCCC(C)N(C)CCN. The van der Waals surface area contributed by atoms with Crippen LogP contribution in [0, 0.1) is 0 Å². The summed E-state index contributed by atoms with van der Waals surface area (Å²) in [6.45, 7) is 6.36. The molecule has 0 fully saturated rings. The van der Waals surface area contributed by atoms with Crippen molar-refractivity contribution in [3.63, 3.8) is 0 Å². The minimum atomic E-state index is 0.695. The van der Waals surface area contributed by atoms with E-state index in [1.165, 1.54) is 38.5 Å². The lowest BCUT2D eigenvalue weighted by atomic mass is 10.1. The Morgan fingerprint density at radius 3 is 2.36 bits per heavy atom. The number of nitrogens with two attached hydrogens (primary N) is 1. The van der Waals surface area contributed by atoms with Crippen LogP contribution in [0.3, 0.4) is 0 Å². The number of rotatable bonds is 9. The minimum absolute atomic E-state index is 0.695. The number of hydrogen-bond donors (Lipinski definition) is 1. The molecule has 0 aromatic heterocycles. The van der Waals surface area contributed by atoms with Crippen molar-refractivity contribution in [1.29, 1.82) is 0 Å². The van der Waals surface area contributed by atoms with Crippen LogP contribution in [0.25, 0.3) is 0 Å². The highest BCUT2D eigenvalue weighted by Gasteiger charge is 2.06. The summed E-state index contributed by atoms with van der Waals surface area (Å²) in [7, 11) is 2.17. The quantitative estimate of drug-likeness (QED) is 0.580. The molecule has 0 heterocycles. The molecule has 2 heteroatoms. The number of likely N-dealkylation sites (N-methyl/N-ethyl adjacent to an activating group) is 1. The fourth-order valence-corrected chi connectivity index (χ4v) is 1.69. The predicted molar refractivity (Wildman–Crippen MR) is 64.5 cm³/mol. The Labute approximate surface area is 89.9 Å². The van der Waals surface area contributed by atoms with Gasteiger partial charge in [0.15, 0.2) is 0 Å².